The molecule has 0 unspecified atom stereocenters. The molecule has 0 spiro atoms. The molecular weight excluding hydrogens is 918 g/mol. The number of fused-ring (bicyclic) bond motifs is 4. The van der Waals surface area contributed by atoms with Crippen molar-refractivity contribution in [2.75, 3.05) is 0 Å². The summed E-state index contributed by atoms with van der Waals surface area (Å²) >= 11 is 2.46. The Balaban J connectivity index is 1.02. The molecule has 0 aliphatic heterocycles. The minimum absolute atomic E-state index is 0.583. The molecule has 11 aromatic rings. The van der Waals surface area contributed by atoms with Crippen LogP contribution in [0.4, 0.5) is 0 Å². The van der Waals surface area contributed by atoms with E-state index >= 15 is 0 Å². The third kappa shape index (κ3) is 6.21. The molecule has 60 heavy (non-hydrogen) atoms. The molecule has 0 atom stereocenters. The second-order valence-corrected chi connectivity index (χ2v) is 15.4. The summed E-state index contributed by atoms with van der Waals surface area (Å²) in [5.74, 6) is 1.97. The van der Waals surface area contributed by atoms with Gasteiger partial charge in [0.15, 0.2) is 0 Å². The topological polar surface area (TPSA) is 49.8 Å². The molecule has 0 amide bonds. The minimum atomic E-state index is 0.583. The van der Waals surface area contributed by atoms with Crippen molar-refractivity contribution in [3.8, 4) is 62.1 Å². The third-order valence-corrected chi connectivity index (χ3v) is 11.9. The van der Waals surface area contributed by atoms with E-state index in [9.17, 15) is 0 Å². The molecule has 4 heterocycles. The van der Waals surface area contributed by atoms with Crippen LogP contribution >= 0.6 is 0 Å². The Morgan fingerprint density at radius 3 is 1.78 bits per heavy atom. The Bertz CT molecular complexity index is 3350. The van der Waals surface area contributed by atoms with Crippen LogP contribution in [0, 0.1) is 15.9 Å². The number of para-hydroxylation sites is 4. The van der Waals surface area contributed by atoms with Crippen molar-refractivity contribution < 1.29 is 24.1 Å². The van der Waals surface area contributed by atoms with Gasteiger partial charge in [0.25, 0.3) is 0 Å². The van der Waals surface area contributed by atoms with Crippen LogP contribution in [0.15, 0.2) is 201 Å². The van der Waals surface area contributed by atoms with Gasteiger partial charge in [-0.3, -0.25) is 4.98 Å². The average Bonchev–Trinajstić information content (AvgIpc) is 3.80. The maximum atomic E-state index is 6.64. The van der Waals surface area contributed by atoms with E-state index in [2.05, 4.69) is 202 Å². The fourth-order valence-corrected chi connectivity index (χ4v) is 9.26. The van der Waals surface area contributed by atoms with Crippen molar-refractivity contribution in [2.24, 2.45) is 0 Å². The van der Waals surface area contributed by atoms with E-state index in [1.807, 2.05) is 36.5 Å². The van der Waals surface area contributed by atoms with Crippen LogP contribution in [0.1, 0.15) is 0 Å². The third-order valence-electron chi connectivity index (χ3n) is 10.9. The zero-order valence-electron chi connectivity index (χ0n) is 32.0. The molecule has 4 aromatic heterocycles. The van der Waals surface area contributed by atoms with Gasteiger partial charge >= 0.3 is 294 Å². The van der Waals surface area contributed by atoms with Gasteiger partial charge in [0, 0.05) is 24.2 Å². The molecule has 0 bridgehead atoms. The number of imidazole rings is 1. The van der Waals surface area contributed by atoms with Gasteiger partial charge in [-0.15, -0.1) is 0 Å². The number of hydrogen-bond donors (Lipinski definition) is 0. The van der Waals surface area contributed by atoms with Gasteiger partial charge in [-0.25, -0.2) is 0 Å². The van der Waals surface area contributed by atoms with Crippen LogP contribution in [-0.4, -0.2) is 23.7 Å². The van der Waals surface area contributed by atoms with Crippen molar-refractivity contribution in [3.05, 3.63) is 217 Å². The van der Waals surface area contributed by atoms with Crippen LogP contribution in [0.3, 0.4) is 0 Å². The first-order valence-electron chi connectivity index (χ1n) is 19.6. The molecular formula is C53H33N5OPt-2. The molecule has 0 saturated heterocycles. The average molecular weight is 951 g/mol. The molecule has 0 radical (unpaired) electrons. The Labute approximate surface area is 357 Å². The summed E-state index contributed by atoms with van der Waals surface area (Å²) in [5, 5.41) is 2.19. The molecule has 0 fully saturated rings. The monoisotopic (exact) mass is 950 g/mol. The number of aromatic nitrogens is 5. The SMILES string of the molecule is [Pt]=[c]1n(-c2[c-]c(Oc3[c-]c4c(cc3)c3ccccc3n4-c3ccc(-c4ccncc4)cn3)ccc2)c2ccccc2n1-c1c(-c2ccccc2)cccc1-c1ccccc1. The summed E-state index contributed by atoms with van der Waals surface area (Å²) in [6, 6.07) is 70.3. The summed E-state index contributed by atoms with van der Waals surface area (Å²) in [7, 11) is 0. The van der Waals surface area contributed by atoms with Crippen molar-refractivity contribution in [1.29, 1.82) is 0 Å². The second kappa shape index (κ2) is 15.1. The van der Waals surface area contributed by atoms with E-state index in [-0.39, 0.29) is 0 Å². The number of benzene rings is 7. The van der Waals surface area contributed by atoms with Crippen molar-refractivity contribution >= 4 is 32.8 Å². The van der Waals surface area contributed by atoms with Crippen LogP contribution in [-0.2, 0) is 19.4 Å². The van der Waals surface area contributed by atoms with Crippen LogP contribution in [0.2, 0.25) is 0 Å². The van der Waals surface area contributed by atoms with Gasteiger partial charge in [-0.05, 0) is 23.8 Å². The van der Waals surface area contributed by atoms with E-state index in [4.69, 9.17) is 9.72 Å². The van der Waals surface area contributed by atoms with E-state index < -0.39 is 0 Å². The number of hydrogen-bond acceptors (Lipinski definition) is 3. The first-order valence-corrected chi connectivity index (χ1v) is 20.8. The van der Waals surface area contributed by atoms with E-state index in [1.165, 1.54) is 0 Å². The Hall–Kier alpha value is -7.40. The van der Waals surface area contributed by atoms with Gasteiger partial charge in [0.05, 0.1) is 0 Å². The molecule has 0 N–H and O–H groups in total. The normalized spacial score (nSPS) is 11.4. The molecule has 6 nitrogen and oxygen atoms in total. The van der Waals surface area contributed by atoms with E-state index in [0.29, 0.717) is 11.5 Å². The van der Waals surface area contributed by atoms with Crippen molar-refractivity contribution in [3.63, 3.8) is 0 Å². The van der Waals surface area contributed by atoms with Gasteiger partial charge in [0.2, 0.25) is 0 Å². The Kier molecular flexibility index (Phi) is 8.98. The summed E-state index contributed by atoms with van der Waals surface area (Å²) in [4.78, 5) is 9.09. The van der Waals surface area contributed by atoms with E-state index in [1.54, 1.807) is 12.4 Å². The molecule has 288 valence electrons. The summed E-state index contributed by atoms with van der Waals surface area (Å²) in [6.07, 6.45) is 5.50. The van der Waals surface area contributed by atoms with Crippen molar-refractivity contribution in [2.45, 2.75) is 0 Å². The number of pyridine rings is 2. The van der Waals surface area contributed by atoms with Crippen LogP contribution in [0.5, 0.6) is 11.5 Å². The summed E-state index contributed by atoms with van der Waals surface area (Å²) in [6.45, 7) is 0. The molecule has 7 heteroatoms. The van der Waals surface area contributed by atoms with Gasteiger partial charge in [-0.2, -0.15) is 0 Å². The number of rotatable bonds is 8. The fraction of sp³-hybridized carbons (Fsp3) is 0. The predicted molar refractivity (Wildman–Crippen MR) is 236 cm³/mol. The number of nitrogens with zero attached hydrogens (tertiary/aromatic N) is 5. The van der Waals surface area contributed by atoms with Gasteiger partial charge in [0.1, 0.15) is 0 Å². The standard InChI is InChI=1S/C53H33N5O.Pt/c1-3-13-38(14-4-1)44-20-12-21-45(39-15-5-2-6-16-39)53(44)57-36-56(49-23-9-10-24-50(49)57)41-17-11-18-42(33-41)59-43-26-27-47-46-19-7-8-22-48(46)58(51(47)34-43)52-28-25-40(35-55-52)37-29-31-54-32-30-37;/h1-32,35H;/q-2;. The molecule has 7 aromatic carbocycles. The molecule has 11 rings (SSSR count). The van der Waals surface area contributed by atoms with Crippen LogP contribution in [0.25, 0.3) is 83.4 Å². The zero-order valence-corrected chi connectivity index (χ0v) is 34.3. The first-order chi connectivity index (χ1) is 29.7. The Morgan fingerprint density at radius 2 is 1.08 bits per heavy atom. The molecule has 0 aliphatic carbocycles. The summed E-state index contributed by atoms with van der Waals surface area (Å²) in [5.41, 5.74) is 12.7. The predicted octanol–water partition coefficient (Wildman–Crippen LogP) is 12.8. The quantitative estimate of drug-likeness (QED) is 0.143. The van der Waals surface area contributed by atoms with Crippen molar-refractivity contribution in [1.82, 2.24) is 23.7 Å². The number of ether oxygens (including phenoxy) is 1. The second-order valence-electron chi connectivity index (χ2n) is 14.4. The maximum absolute atomic E-state index is 6.64. The summed E-state index contributed by atoms with van der Waals surface area (Å²) < 4.78 is 14.4. The van der Waals surface area contributed by atoms with Gasteiger partial charge in [-0.1, -0.05) is 12.1 Å². The van der Waals surface area contributed by atoms with E-state index in [0.717, 1.165) is 87.2 Å². The zero-order chi connectivity index (χ0) is 40.0. The fourth-order valence-electron chi connectivity index (χ4n) is 8.19. The Morgan fingerprint density at radius 1 is 0.450 bits per heavy atom. The molecule has 0 aliphatic rings. The molecule has 0 saturated carbocycles. The van der Waals surface area contributed by atoms with Crippen LogP contribution < -0.4 is 4.74 Å². The first kappa shape index (κ1) is 35.7. The van der Waals surface area contributed by atoms with Gasteiger partial charge < -0.3 is 0 Å².